The number of aliphatic hydroxyl groups is 1. The van der Waals surface area contributed by atoms with Crippen molar-refractivity contribution in [2.75, 3.05) is 19.7 Å². The highest BCUT2D eigenvalue weighted by molar-refractivity contribution is 5.00. The van der Waals surface area contributed by atoms with Crippen LogP contribution < -0.4 is 5.32 Å². The molecule has 0 aromatic rings. The first-order valence-corrected chi connectivity index (χ1v) is 6.72. The molecule has 4 saturated carbocycles. The molecule has 4 aliphatic carbocycles. The third-order valence-electron chi connectivity index (χ3n) is 5.08. The first kappa shape index (κ1) is 10.1. The van der Waals surface area contributed by atoms with Crippen LogP contribution in [0.15, 0.2) is 0 Å². The fraction of sp³-hybridized carbons (Fsp3) is 1.00. The number of rotatable bonds is 4. The van der Waals surface area contributed by atoms with Gasteiger partial charge in [0.2, 0.25) is 0 Å². The Hall–Kier alpha value is -0.0800. The molecule has 86 valence electrons. The molecule has 0 atom stereocenters. The molecular formula is C13H24NO+. The number of hydrogen-bond acceptors (Lipinski definition) is 1. The van der Waals surface area contributed by atoms with Crippen molar-refractivity contribution in [2.24, 2.45) is 23.2 Å². The van der Waals surface area contributed by atoms with E-state index in [0.29, 0.717) is 12.0 Å². The molecule has 4 fully saturated rings. The Morgan fingerprint density at radius 1 is 1.00 bits per heavy atom. The largest absolute Gasteiger partial charge is 0.391 e. The highest BCUT2D eigenvalue weighted by atomic mass is 16.3. The van der Waals surface area contributed by atoms with Gasteiger partial charge in [-0.25, -0.2) is 0 Å². The molecule has 0 saturated heterocycles. The smallest absolute Gasteiger partial charge is 0.0990 e. The summed E-state index contributed by atoms with van der Waals surface area (Å²) < 4.78 is 0. The van der Waals surface area contributed by atoms with Gasteiger partial charge >= 0.3 is 0 Å². The first-order chi connectivity index (χ1) is 7.30. The monoisotopic (exact) mass is 210 g/mol. The number of nitrogens with two attached hydrogens (primary N) is 1. The molecule has 3 N–H and O–H groups in total. The quantitative estimate of drug-likeness (QED) is 0.660. The Kier molecular flexibility index (Phi) is 2.52. The van der Waals surface area contributed by atoms with E-state index in [0.717, 1.165) is 24.3 Å². The van der Waals surface area contributed by atoms with Gasteiger partial charge in [0.25, 0.3) is 0 Å². The Balaban J connectivity index is 1.65. The van der Waals surface area contributed by atoms with Gasteiger partial charge in [0.05, 0.1) is 19.7 Å². The molecule has 0 aromatic carbocycles. The SMILES string of the molecule is OCC[NH2+]CC12CC3CC(CC(C3)C1)C2. The molecule has 4 aliphatic rings. The molecule has 0 unspecified atom stereocenters. The van der Waals surface area contributed by atoms with Gasteiger partial charge in [-0.05, 0) is 56.3 Å². The number of quaternary nitrogens is 1. The normalized spacial score (nSPS) is 47.4. The average molecular weight is 210 g/mol. The maximum atomic E-state index is 8.85. The van der Waals surface area contributed by atoms with Crippen LogP contribution in [0.2, 0.25) is 0 Å². The van der Waals surface area contributed by atoms with Crippen LogP contribution in [0.5, 0.6) is 0 Å². The second kappa shape index (κ2) is 3.74. The number of aliphatic hydroxyl groups excluding tert-OH is 1. The minimum atomic E-state index is 0.340. The molecule has 0 aliphatic heterocycles. The molecule has 0 spiro atoms. The summed E-state index contributed by atoms with van der Waals surface area (Å²) in [5, 5.41) is 11.2. The molecule has 4 bridgehead atoms. The molecule has 0 amide bonds. The van der Waals surface area contributed by atoms with E-state index in [-0.39, 0.29) is 0 Å². The molecule has 0 radical (unpaired) electrons. The lowest BCUT2D eigenvalue weighted by molar-refractivity contribution is -0.670. The molecule has 0 aromatic heterocycles. The van der Waals surface area contributed by atoms with Crippen molar-refractivity contribution < 1.29 is 10.4 Å². The lowest BCUT2D eigenvalue weighted by atomic mass is 9.49. The van der Waals surface area contributed by atoms with Gasteiger partial charge in [-0.15, -0.1) is 0 Å². The van der Waals surface area contributed by atoms with Crippen LogP contribution in [0.1, 0.15) is 38.5 Å². The predicted octanol–water partition coefficient (Wildman–Crippen LogP) is 0.758. The van der Waals surface area contributed by atoms with Gasteiger partial charge in [0.15, 0.2) is 0 Å². The molecule has 0 heterocycles. The van der Waals surface area contributed by atoms with E-state index >= 15 is 0 Å². The maximum Gasteiger partial charge on any atom is 0.0990 e. The summed E-state index contributed by atoms with van der Waals surface area (Å²) in [6.07, 6.45) is 9.13. The van der Waals surface area contributed by atoms with Crippen molar-refractivity contribution in [2.45, 2.75) is 38.5 Å². The lowest BCUT2D eigenvalue weighted by Crippen LogP contribution is -2.88. The summed E-state index contributed by atoms with van der Waals surface area (Å²) in [6.45, 7) is 2.53. The molecular weight excluding hydrogens is 186 g/mol. The van der Waals surface area contributed by atoms with Gasteiger partial charge in [0.1, 0.15) is 0 Å². The Labute approximate surface area is 92.4 Å². The standard InChI is InChI=1S/C13H23NO/c15-2-1-14-9-13-6-10-3-11(7-13)5-12(4-10)8-13/h10-12,14-15H,1-9H2/p+1. The summed E-state index contributed by atoms with van der Waals surface area (Å²) in [4.78, 5) is 0. The first-order valence-electron chi connectivity index (χ1n) is 6.72. The Morgan fingerprint density at radius 2 is 1.53 bits per heavy atom. The van der Waals surface area contributed by atoms with E-state index in [1.165, 1.54) is 45.1 Å². The topological polar surface area (TPSA) is 36.8 Å². The number of hydrogen-bond donors (Lipinski definition) is 2. The zero-order valence-electron chi connectivity index (χ0n) is 9.62. The summed E-state index contributed by atoms with van der Waals surface area (Å²) in [6, 6.07) is 0. The van der Waals surface area contributed by atoms with Crippen LogP contribution in [-0.4, -0.2) is 24.8 Å². The third-order valence-corrected chi connectivity index (χ3v) is 5.08. The minimum absolute atomic E-state index is 0.340. The minimum Gasteiger partial charge on any atom is -0.391 e. The van der Waals surface area contributed by atoms with E-state index in [2.05, 4.69) is 5.32 Å². The lowest BCUT2D eigenvalue weighted by Gasteiger charge is -2.55. The van der Waals surface area contributed by atoms with Crippen molar-refractivity contribution >= 4 is 0 Å². The second-order valence-corrected chi connectivity index (χ2v) is 6.42. The van der Waals surface area contributed by atoms with Gasteiger partial charge in [-0.3, -0.25) is 0 Å². The van der Waals surface area contributed by atoms with Crippen molar-refractivity contribution in [3.8, 4) is 0 Å². The van der Waals surface area contributed by atoms with Gasteiger partial charge < -0.3 is 10.4 Å². The zero-order valence-corrected chi connectivity index (χ0v) is 9.62. The Morgan fingerprint density at radius 3 is 2.00 bits per heavy atom. The molecule has 2 nitrogen and oxygen atoms in total. The average Bonchev–Trinajstić information content (AvgIpc) is 2.15. The highest BCUT2D eigenvalue weighted by Crippen LogP contribution is 2.59. The van der Waals surface area contributed by atoms with Crippen LogP contribution >= 0.6 is 0 Å². The van der Waals surface area contributed by atoms with Crippen LogP contribution in [0.3, 0.4) is 0 Å². The van der Waals surface area contributed by atoms with Crippen LogP contribution in [0, 0.1) is 23.2 Å². The van der Waals surface area contributed by atoms with E-state index in [9.17, 15) is 0 Å². The van der Waals surface area contributed by atoms with Crippen LogP contribution in [0.25, 0.3) is 0 Å². The summed E-state index contributed by atoms with van der Waals surface area (Å²) >= 11 is 0. The zero-order chi connectivity index (χ0) is 10.3. The third kappa shape index (κ3) is 1.83. The maximum absolute atomic E-state index is 8.85. The predicted molar refractivity (Wildman–Crippen MR) is 59.4 cm³/mol. The van der Waals surface area contributed by atoms with Gasteiger partial charge in [-0.1, -0.05) is 0 Å². The summed E-state index contributed by atoms with van der Waals surface area (Å²) in [5.74, 6) is 3.20. The van der Waals surface area contributed by atoms with Crippen LogP contribution in [0.4, 0.5) is 0 Å². The summed E-state index contributed by atoms with van der Waals surface area (Å²) in [7, 11) is 0. The van der Waals surface area contributed by atoms with Crippen molar-refractivity contribution in [1.82, 2.24) is 0 Å². The molecule has 2 heteroatoms. The van der Waals surface area contributed by atoms with E-state index < -0.39 is 0 Å². The van der Waals surface area contributed by atoms with Crippen molar-refractivity contribution in [1.29, 1.82) is 0 Å². The Bertz CT molecular complexity index is 203. The van der Waals surface area contributed by atoms with Crippen LogP contribution in [-0.2, 0) is 0 Å². The van der Waals surface area contributed by atoms with E-state index in [4.69, 9.17) is 5.11 Å². The van der Waals surface area contributed by atoms with Crippen molar-refractivity contribution in [3.05, 3.63) is 0 Å². The molecule has 4 rings (SSSR count). The van der Waals surface area contributed by atoms with E-state index in [1.54, 1.807) is 0 Å². The fourth-order valence-electron chi connectivity index (χ4n) is 5.04. The van der Waals surface area contributed by atoms with E-state index in [1.807, 2.05) is 0 Å². The fourth-order valence-corrected chi connectivity index (χ4v) is 5.04. The molecule has 15 heavy (non-hydrogen) atoms. The van der Waals surface area contributed by atoms with Gasteiger partial charge in [0, 0.05) is 5.41 Å². The highest BCUT2D eigenvalue weighted by Gasteiger charge is 2.51. The van der Waals surface area contributed by atoms with Crippen molar-refractivity contribution in [3.63, 3.8) is 0 Å². The second-order valence-electron chi connectivity index (χ2n) is 6.42. The van der Waals surface area contributed by atoms with Gasteiger partial charge in [-0.2, -0.15) is 0 Å². The summed E-state index contributed by atoms with van der Waals surface area (Å²) in [5.41, 5.74) is 0.684.